The molecule has 7 heteroatoms. The van der Waals surface area contributed by atoms with Gasteiger partial charge in [0.05, 0.1) is 0 Å². The van der Waals surface area contributed by atoms with Crippen molar-refractivity contribution in [1.82, 2.24) is 15.1 Å². The topological polar surface area (TPSA) is 85.3 Å². The van der Waals surface area contributed by atoms with Crippen LogP contribution in [0.25, 0.3) is 11.5 Å². The van der Waals surface area contributed by atoms with Gasteiger partial charge in [0.15, 0.2) is 0 Å². The predicted octanol–water partition coefficient (Wildman–Crippen LogP) is 3.74. The molecule has 154 valence electrons. The second-order valence-electron chi connectivity index (χ2n) is 8.42. The van der Waals surface area contributed by atoms with E-state index in [9.17, 15) is 9.18 Å². The average Bonchev–Trinajstić information content (AvgIpc) is 3.21. The maximum absolute atomic E-state index is 13.5. The first kappa shape index (κ1) is 18.9. The number of carbonyl (C=O) groups excluding carboxylic acids is 1. The van der Waals surface area contributed by atoms with Crippen molar-refractivity contribution < 1.29 is 13.6 Å². The Labute approximate surface area is 173 Å². The second-order valence-corrected chi connectivity index (χ2v) is 8.42. The van der Waals surface area contributed by atoms with Crippen LogP contribution >= 0.6 is 0 Å². The summed E-state index contributed by atoms with van der Waals surface area (Å²) in [6.45, 7) is 2.79. The molecule has 0 radical (unpaired) electrons. The summed E-state index contributed by atoms with van der Waals surface area (Å²) in [4.78, 5) is 13.8. The molecule has 1 saturated heterocycles. The first-order chi connectivity index (χ1) is 14.5. The largest absolute Gasteiger partial charge is 0.420 e. The van der Waals surface area contributed by atoms with Crippen molar-refractivity contribution in [2.45, 2.75) is 31.7 Å². The molecular formula is C23H23FN4O2. The van der Waals surface area contributed by atoms with E-state index in [1.807, 2.05) is 18.2 Å². The predicted molar refractivity (Wildman–Crippen MR) is 109 cm³/mol. The van der Waals surface area contributed by atoms with Gasteiger partial charge in [0.2, 0.25) is 17.7 Å². The van der Waals surface area contributed by atoms with Crippen LogP contribution in [0, 0.1) is 11.2 Å². The average molecular weight is 406 g/mol. The van der Waals surface area contributed by atoms with Crippen molar-refractivity contribution in [2.24, 2.45) is 11.1 Å². The summed E-state index contributed by atoms with van der Waals surface area (Å²) in [6.07, 6.45) is 3.21. The fourth-order valence-corrected chi connectivity index (χ4v) is 4.60. The van der Waals surface area contributed by atoms with Crippen LogP contribution in [0.5, 0.6) is 0 Å². The first-order valence-electron chi connectivity index (χ1n) is 10.2. The normalized spacial score (nSPS) is 20.4. The Balaban J connectivity index is 1.21. The molecule has 3 aromatic rings. The second kappa shape index (κ2) is 7.32. The maximum Gasteiger partial charge on any atom is 0.248 e. The van der Waals surface area contributed by atoms with Crippen molar-refractivity contribution in [2.75, 3.05) is 13.1 Å². The summed E-state index contributed by atoms with van der Waals surface area (Å²) in [5, 5.41) is 8.38. The third-order valence-electron chi connectivity index (χ3n) is 6.47. The number of hydrogen-bond donors (Lipinski definition) is 1. The van der Waals surface area contributed by atoms with Gasteiger partial charge in [-0.05, 0) is 73.7 Å². The number of primary amides is 1. The van der Waals surface area contributed by atoms with Crippen molar-refractivity contribution in [1.29, 1.82) is 0 Å². The molecule has 1 aliphatic carbocycles. The highest BCUT2D eigenvalue weighted by Gasteiger charge is 2.58. The van der Waals surface area contributed by atoms with E-state index in [-0.39, 0.29) is 17.2 Å². The van der Waals surface area contributed by atoms with E-state index in [0.717, 1.165) is 44.5 Å². The zero-order valence-electron chi connectivity index (χ0n) is 16.6. The molecule has 0 bridgehead atoms. The highest BCUT2D eigenvalue weighted by atomic mass is 19.1. The number of nitrogens with two attached hydrogens (primary N) is 1. The molecular weight excluding hydrogens is 383 g/mol. The summed E-state index contributed by atoms with van der Waals surface area (Å²) in [6, 6.07) is 13.7. The number of nitrogens with zero attached hydrogens (tertiary/aromatic N) is 3. The van der Waals surface area contributed by atoms with Crippen LogP contribution in [-0.2, 0) is 6.54 Å². The highest BCUT2D eigenvalue weighted by Crippen LogP contribution is 2.64. The molecule has 2 aliphatic rings. The molecule has 2 N–H and O–H groups in total. The van der Waals surface area contributed by atoms with Crippen molar-refractivity contribution in [3.63, 3.8) is 0 Å². The zero-order valence-corrected chi connectivity index (χ0v) is 16.6. The third kappa shape index (κ3) is 3.61. The Morgan fingerprint density at radius 1 is 1.17 bits per heavy atom. The summed E-state index contributed by atoms with van der Waals surface area (Å²) < 4.78 is 19.3. The Bertz CT molecular complexity index is 1090. The highest BCUT2D eigenvalue weighted by molar-refractivity contribution is 5.92. The van der Waals surface area contributed by atoms with Gasteiger partial charge in [-0.15, -0.1) is 10.2 Å². The van der Waals surface area contributed by atoms with E-state index in [1.165, 1.54) is 12.1 Å². The van der Waals surface area contributed by atoms with E-state index in [2.05, 4.69) is 15.1 Å². The SMILES string of the molecule is NC(=O)c1cccc(CN2CCC3(CC2)CC3c2nnc(-c3cccc(F)c3)o2)c1. The molecule has 1 aliphatic heterocycles. The van der Waals surface area contributed by atoms with Crippen LogP contribution in [0.4, 0.5) is 4.39 Å². The third-order valence-corrected chi connectivity index (χ3v) is 6.47. The Hall–Kier alpha value is -3.06. The summed E-state index contributed by atoms with van der Waals surface area (Å²) in [5.41, 5.74) is 7.88. The van der Waals surface area contributed by atoms with Gasteiger partial charge in [0.1, 0.15) is 5.82 Å². The number of halogens is 1. The first-order valence-corrected chi connectivity index (χ1v) is 10.2. The van der Waals surface area contributed by atoms with E-state index < -0.39 is 5.91 Å². The van der Waals surface area contributed by atoms with Gasteiger partial charge in [0.25, 0.3) is 0 Å². The molecule has 6 nitrogen and oxygen atoms in total. The number of aromatic nitrogens is 2. The van der Waals surface area contributed by atoms with Gasteiger partial charge < -0.3 is 10.2 Å². The summed E-state index contributed by atoms with van der Waals surface area (Å²) in [7, 11) is 0. The molecule has 1 atom stereocenters. The minimum Gasteiger partial charge on any atom is -0.420 e. The fraction of sp³-hybridized carbons (Fsp3) is 0.348. The summed E-state index contributed by atoms with van der Waals surface area (Å²) in [5.74, 6) is 0.610. The molecule has 2 fully saturated rings. The number of hydrogen-bond acceptors (Lipinski definition) is 5. The minimum absolute atomic E-state index is 0.233. The van der Waals surface area contributed by atoms with Gasteiger partial charge >= 0.3 is 0 Å². The van der Waals surface area contributed by atoms with Crippen molar-refractivity contribution in [3.8, 4) is 11.5 Å². The Morgan fingerprint density at radius 3 is 2.73 bits per heavy atom. The van der Waals surface area contributed by atoms with E-state index in [4.69, 9.17) is 10.2 Å². The Morgan fingerprint density at radius 2 is 1.97 bits per heavy atom. The quantitative estimate of drug-likeness (QED) is 0.698. The molecule has 1 spiro atoms. The van der Waals surface area contributed by atoms with Gasteiger partial charge in [-0.1, -0.05) is 18.2 Å². The lowest BCUT2D eigenvalue weighted by Gasteiger charge is -2.32. The smallest absolute Gasteiger partial charge is 0.248 e. The standard InChI is InChI=1S/C23H23FN4O2/c24-18-6-2-5-17(12-18)21-26-27-22(30-21)19-13-23(19)7-9-28(10-8-23)14-15-3-1-4-16(11-15)20(25)29/h1-6,11-12,19H,7-10,13-14H2,(H2,25,29). The van der Waals surface area contributed by atoms with E-state index in [1.54, 1.807) is 18.2 Å². The number of rotatable bonds is 5. The lowest BCUT2D eigenvalue weighted by Crippen LogP contribution is -2.34. The van der Waals surface area contributed by atoms with Gasteiger partial charge in [-0.2, -0.15) is 0 Å². The van der Waals surface area contributed by atoms with Crippen LogP contribution in [-0.4, -0.2) is 34.1 Å². The number of carbonyl (C=O) groups is 1. The molecule has 1 aromatic heterocycles. The van der Waals surface area contributed by atoms with Gasteiger partial charge in [0, 0.05) is 23.6 Å². The molecule has 30 heavy (non-hydrogen) atoms. The van der Waals surface area contributed by atoms with Crippen LogP contribution < -0.4 is 5.73 Å². The van der Waals surface area contributed by atoms with Crippen molar-refractivity contribution in [3.05, 3.63) is 71.4 Å². The zero-order chi connectivity index (χ0) is 20.7. The van der Waals surface area contributed by atoms with E-state index in [0.29, 0.717) is 22.9 Å². The van der Waals surface area contributed by atoms with E-state index >= 15 is 0 Å². The molecule has 2 heterocycles. The maximum atomic E-state index is 13.5. The lowest BCUT2D eigenvalue weighted by atomic mass is 9.90. The monoisotopic (exact) mass is 406 g/mol. The number of likely N-dealkylation sites (tertiary alicyclic amines) is 1. The molecule has 2 aromatic carbocycles. The number of piperidine rings is 1. The van der Waals surface area contributed by atoms with Crippen LogP contribution in [0.3, 0.4) is 0 Å². The van der Waals surface area contributed by atoms with Crippen molar-refractivity contribution >= 4 is 5.91 Å². The molecule has 1 unspecified atom stereocenters. The van der Waals surface area contributed by atoms with Crippen LogP contribution in [0.2, 0.25) is 0 Å². The van der Waals surface area contributed by atoms with Crippen LogP contribution in [0.15, 0.2) is 52.9 Å². The molecule has 5 rings (SSSR count). The molecule has 1 amide bonds. The Kier molecular flexibility index (Phi) is 4.62. The number of amides is 1. The number of benzene rings is 2. The fourth-order valence-electron chi connectivity index (χ4n) is 4.60. The van der Waals surface area contributed by atoms with Crippen LogP contribution in [0.1, 0.15) is 47.0 Å². The summed E-state index contributed by atoms with van der Waals surface area (Å²) >= 11 is 0. The lowest BCUT2D eigenvalue weighted by molar-refractivity contribution is 0.1000. The molecule has 1 saturated carbocycles. The minimum atomic E-state index is -0.396. The van der Waals surface area contributed by atoms with Gasteiger partial charge in [-0.25, -0.2) is 4.39 Å². The van der Waals surface area contributed by atoms with Gasteiger partial charge in [-0.3, -0.25) is 9.69 Å².